The predicted octanol–water partition coefficient (Wildman–Crippen LogP) is 9.95. The predicted molar refractivity (Wildman–Crippen MR) is 180 cm³/mol. The van der Waals surface area contributed by atoms with Crippen molar-refractivity contribution in [2.75, 3.05) is 6.54 Å². The molecule has 0 rings (SSSR count). The van der Waals surface area contributed by atoms with Gasteiger partial charge in [0.05, 0.1) is 0 Å². The highest BCUT2D eigenvalue weighted by Gasteiger charge is 2.14. The average Bonchev–Trinajstić information content (AvgIpc) is 2.99. The standard InChI is InChI=1S/C37H63NO5/c1-3-5-7-9-11-13-14-15-16-17-19-24-28-32-37(42)43-34(29-25-21-18-12-10-8-6-4-2)30-26-22-20-23-27-31-35(39)38-33-36(40)41/h5,7,11,13,15-16,19,24,34H,3-4,6,8-10,12,14,17-18,20-23,25-33H2,1-2H3,(H,38,39)(H,40,41)/b7-5-,13-11-,16-15-,24-19-. The number of rotatable bonds is 30. The second kappa shape index (κ2) is 32.3. The van der Waals surface area contributed by atoms with Gasteiger partial charge in [0.15, 0.2) is 0 Å². The quantitative estimate of drug-likeness (QED) is 0.0485. The molecule has 0 saturated carbocycles. The van der Waals surface area contributed by atoms with E-state index in [1.165, 1.54) is 44.9 Å². The molecule has 0 heterocycles. The minimum atomic E-state index is -1.02. The summed E-state index contributed by atoms with van der Waals surface area (Å²) in [6.45, 7) is 4.07. The summed E-state index contributed by atoms with van der Waals surface area (Å²) >= 11 is 0. The Labute approximate surface area is 263 Å². The van der Waals surface area contributed by atoms with Crippen molar-refractivity contribution in [1.82, 2.24) is 5.32 Å². The molecule has 0 aliphatic rings. The second-order valence-electron chi connectivity index (χ2n) is 11.4. The first kappa shape index (κ1) is 40.4. The van der Waals surface area contributed by atoms with Gasteiger partial charge in [0.25, 0.3) is 0 Å². The molecule has 0 spiro atoms. The number of amides is 1. The van der Waals surface area contributed by atoms with Gasteiger partial charge >= 0.3 is 11.9 Å². The molecule has 246 valence electrons. The van der Waals surface area contributed by atoms with Gasteiger partial charge in [-0.2, -0.15) is 0 Å². The highest BCUT2D eigenvalue weighted by atomic mass is 16.5. The largest absolute Gasteiger partial charge is 0.480 e. The van der Waals surface area contributed by atoms with Gasteiger partial charge in [-0.05, 0) is 64.2 Å². The Morgan fingerprint density at radius 2 is 1.12 bits per heavy atom. The highest BCUT2D eigenvalue weighted by Crippen LogP contribution is 2.18. The van der Waals surface area contributed by atoms with Crippen LogP contribution in [0.5, 0.6) is 0 Å². The van der Waals surface area contributed by atoms with Gasteiger partial charge in [0.2, 0.25) is 5.91 Å². The molecule has 0 aromatic rings. The van der Waals surface area contributed by atoms with Crippen molar-refractivity contribution >= 4 is 17.8 Å². The van der Waals surface area contributed by atoms with E-state index in [-0.39, 0.29) is 24.5 Å². The van der Waals surface area contributed by atoms with E-state index in [4.69, 9.17) is 9.84 Å². The van der Waals surface area contributed by atoms with Crippen LogP contribution in [-0.4, -0.2) is 35.6 Å². The third-order valence-corrected chi connectivity index (χ3v) is 7.28. The van der Waals surface area contributed by atoms with Crippen molar-refractivity contribution in [2.24, 2.45) is 0 Å². The molecule has 6 heteroatoms. The molecule has 1 amide bonds. The number of aliphatic carboxylic acids is 1. The lowest BCUT2D eigenvalue weighted by molar-refractivity contribution is -0.149. The Morgan fingerprint density at radius 1 is 0.628 bits per heavy atom. The Morgan fingerprint density at radius 3 is 1.65 bits per heavy atom. The van der Waals surface area contributed by atoms with Gasteiger partial charge in [0.1, 0.15) is 12.6 Å². The Balaban J connectivity index is 4.28. The maximum absolute atomic E-state index is 12.6. The molecule has 0 bridgehead atoms. The zero-order chi connectivity index (χ0) is 31.6. The normalized spacial score (nSPS) is 12.6. The van der Waals surface area contributed by atoms with Crippen LogP contribution < -0.4 is 5.32 Å². The third kappa shape index (κ3) is 32.1. The number of carboxylic acids is 1. The number of carbonyl (C=O) groups excluding carboxylic acids is 2. The van der Waals surface area contributed by atoms with Crippen molar-refractivity contribution in [3.05, 3.63) is 48.6 Å². The molecule has 2 N–H and O–H groups in total. The van der Waals surface area contributed by atoms with E-state index in [9.17, 15) is 14.4 Å². The summed E-state index contributed by atoms with van der Waals surface area (Å²) in [5, 5.41) is 11.0. The average molecular weight is 602 g/mol. The summed E-state index contributed by atoms with van der Waals surface area (Å²) in [5.41, 5.74) is 0. The summed E-state index contributed by atoms with van der Waals surface area (Å²) in [7, 11) is 0. The SMILES string of the molecule is CC/C=C\C/C=C\C/C=C\C/C=C\CCC(=O)OC(CCCCCCCCCC)CCCCCCCC(=O)NCC(=O)O. The van der Waals surface area contributed by atoms with Crippen LogP contribution in [0, 0.1) is 0 Å². The van der Waals surface area contributed by atoms with Gasteiger partial charge in [0, 0.05) is 12.8 Å². The summed E-state index contributed by atoms with van der Waals surface area (Å²) in [4.78, 5) is 34.7. The molecular weight excluding hydrogens is 538 g/mol. The molecule has 1 unspecified atom stereocenters. The van der Waals surface area contributed by atoms with Gasteiger partial charge in [-0.25, -0.2) is 0 Å². The topological polar surface area (TPSA) is 92.7 Å². The van der Waals surface area contributed by atoms with Gasteiger partial charge < -0.3 is 15.2 Å². The molecule has 1 atom stereocenters. The van der Waals surface area contributed by atoms with Crippen LogP contribution in [-0.2, 0) is 19.1 Å². The van der Waals surface area contributed by atoms with Gasteiger partial charge in [-0.15, -0.1) is 0 Å². The van der Waals surface area contributed by atoms with Crippen molar-refractivity contribution < 1.29 is 24.2 Å². The van der Waals surface area contributed by atoms with Crippen LogP contribution in [0.4, 0.5) is 0 Å². The maximum Gasteiger partial charge on any atom is 0.322 e. The molecule has 0 aliphatic heterocycles. The minimum Gasteiger partial charge on any atom is -0.480 e. The van der Waals surface area contributed by atoms with Crippen molar-refractivity contribution in [3.63, 3.8) is 0 Å². The number of carbonyl (C=O) groups is 3. The third-order valence-electron chi connectivity index (χ3n) is 7.28. The van der Waals surface area contributed by atoms with Crippen LogP contribution in [0.15, 0.2) is 48.6 Å². The number of nitrogens with one attached hydrogen (secondary N) is 1. The fourth-order valence-electron chi connectivity index (χ4n) is 4.76. The molecule has 0 aromatic heterocycles. The monoisotopic (exact) mass is 601 g/mol. The number of hydrogen-bond acceptors (Lipinski definition) is 4. The molecule has 0 radical (unpaired) electrons. The molecule has 0 saturated heterocycles. The smallest absolute Gasteiger partial charge is 0.322 e. The van der Waals surface area contributed by atoms with E-state index >= 15 is 0 Å². The van der Waals surface area contributed by atoms with Crippen LogP contribution in [0.1, 0.15) is 155 Å². The summed E-state index contributed by atoms with van der Waals surface area (Å²) in [6, 6.07) is 0. The second-order valence-corrected chi connectivity index (χ2v) is 11.4. The van der Waals surface area contributed by atoms with Crippen molar-refractivity contribution in [1.29, 1.82) is 0 Å². The summed E-state index contributed by atoms with van der Waals surface area (Å²) < 4.78 is 5.92. The number of hydrogen-bond donors (Lipinski definition) is 2. The fourth-order valence-corrected chi connectivity index (χ4v) is 4.76. The first-order chi connectivity index (χ1) is 21.0. The number of esters is 1. The van der Waals surface area contributed by atoms with E-state index in [0.29, 0.717) is 19.3 Å². The zero-order valence-electron chi connectivity index (χ0n) is 27.5. The van der Waals surface area contributed by atoms with E-state index in [1.807, 2.05) is 0 Å². The molecule has 0 aromatic carbocycles. The summed E-state index contributed by atoms with van der Waals surface area (Å²) in [6.07, 6.45) is 39.4. The van der Waals surface area contributed by atoms with E-state index in [0.717, 1.165) is 77.0 Å². The Hall–Kier alpha value is -2.63. The molecule has 43 heavy (non-hydrogen) atoms. The lowest BCUT2D eigenvalue weighted by Gasteiger charge is -2.18. The molecule has 0 fully saturated rings. The van der Waals surface area contributed by atoms with Gasteiger partial charge in [-0.1, -0.05) is 127 Å². The fraction of sp³-hybridized carbons (Fsp3) is 0.703. The highest BCUT2D eigenvalue weighted by molar-refractivity contribution is 5.80. The van der Waals surface area contributed by atoms with Gasteiger partial charge in [-0.3, -0.25) is 14.4 Å². The minimum absolute atomic E-state index is 0.00758. The maximum atomic E-state index is 12.6. The number of unbranched alkanes of at least 4 members (excludes halogenated alkanes) is 11. The van der Waals surface area contributed by atoms with E-state index in [1.54, 1.807) is 0 Å². The Bertz CT molecular complexity index is 799. The first-order valence-corrected chi connectivity index (χ1v) is 17.3. The lowest BCUT2D eigenvalue weighted by Crippen LogP contribution is -2.28. The molecule has 0 aliphatic carbocycles. The van der Waals surface area contributed by atoms with E-state index < -0.39 is 5.97 Å². The lowest BCUT2D eigenvalue weighted by atomic mass is 10.0. The number of ether oxygens (including phenoxy) is 1. The van der Waals surface area contributed by atoms with Crippen molar-refractivity contribution in [3.8, 4) is 0 Å². The first-order valence-electron chi connectivity index (χ1n) is 17.3. The molecular formula is C37H63NO5. The number of carboxylic acid groups (broad SMARTS) is 1. The van der Waals surface area contributed by atoms with Crippen LogP contribution >= 0.6 is 0 Å². The Kier molecular flexibility index (Phi) is 30.3. The molecule has 6 nitrogen and oxygen atoms in total. The van der Waals surface area contributed by atoms with Crippen LogP contribution in [0.2, 0.25) is 0 Å². The van der Waals surface area contributed by atoms with E-state index in [2.05, 4.69) is 67.8 Å². The van der Waals surface area contributed by atoms with Crippen LogP contribution in [0.3, 0.4) is 0 Å². The number of allylic oxidation sites excluding steroid dienone is 8. The summed E-state index contributed by atoms with van der Waals surface area (Å²) in [5.74, 6) is -1.32. The zero-order valence-corrected chi connectivity index (χ0v) is 27.5. The van der Waals surface area contributed by atoms with Crippen LogP contribution in [0.25, 0.3) is 0 Å². The van der Waals surface area contributed by atoms with Crippen molar-refractivity contribution in [2.45, 2.75) is 161 Å².